The number of nitrogens with zero attached hydrogens (tertiary/aromatic N) is 1. The van der Waals surface area contributed by atoms with Crippen molar-refractivity contribution in [1.29, 1.82) is 0 Å². The molecular weight excluding hydrogens is 232 g/mol. The van der Waals surface area contributed by atoms with Crippen molar-refractivity contribution < 1.29 is 14.3 Å². The molecule has 0 aromatic rings. The lowest BCUT2D eigenvalue weighted by molar-refractivity contribution is -0.140. The van der Waals surface area contributed by atoms with E-state index in [1.807, 2.05) is 4.90 Å². The molecule has 18 heavy (non-hydrogen) atoms. The fraction of sp³-hybridized carbons (Fsp3) is 0.846. The summed E-state index contributed by atoms with van der Waals surface area (Å²) in [4.78, 5) is 24.9. The minimum absolute atomic E-state index is 0.0387. The van der Waals surface area contributed by atoms with Crippen LogP contribution >= 0.6 is 0 Å². The van der Waals surface area contributed by atoms with Crippen molar-refractivity contribution >= 4 is 12.0 Å². The van der Waals surface area contributed by atoms with Gasteiger partial charge in [-0.05, 0) is 19.3 Å². The molecule has 0 aromatic heterocycles. The summed E-state index contributed by atoms with van der Waals surface area (Å²) in [6.07, 6.45) is 7.02. The lowest BCUT2D eigenvalue weighted by Crippen LogP contribution is -2.39. The Morgan fingerprint density at radius 2 is 2.11 bits per heavy atom. The van der Waals surface area contributed by atoms with Crippen molar-refractivity contribution in [3.05, 3.63) is 0 Å². The van der Waals surface area contributed by atoms with Crippen molar-refractivity contribution in [2.45, 2.75) is 57.0 Å². The average Bonchev–Trinajstić information content (AvgIpc) is 2.78. The zero-order valence-electron chi connectivity index (χ0n) is 11.0. The number of urea groups is 1. The highest BCUT2D eigenvalue weighted by Gasteiger charge is 2.34. The fourth-order valence-corrected chi connectivity index (χ4v) is 2.89. The van der Waals surface area contributed by atoms with Gasteiger partial charge >= 0.3 is 12.0 Å². The third-order valence-corrected chi connectivity index (χ3v) is 3.95. The van der Waals surface area contributed by atoms with E-state index in [1.54, 1.807) is 0 Å². The Labute approximate surface area is 108 Å². The van der Waals surface area contributed by atoms with Gasteiger partial charge in [-0.2, -0.15) is 0 Å². The average molecular weight is 254 g/mol. The Morgan fingerprint density at radius 3 is 2.78 bits per heavy atom. The van der Waals surface area contributed by atoms with Gasteiger partial charge in [-0.15, -0.1) is 0 Å². The van der Waals surface area contributed by atoms with Gasteiger partial charge in [-0.3, -0.25) is 4.79 Å². The van der Waals surface area contributed by atoms with E-state index in [-0.39, 0.29) is 18.0 Å². The van der Waals surface area contributed by atoms with E-state index in [0.29, 0.717) is 18.9 Å². The summed E-state index contributed by atoms with van der Waals surface area (Å²) in [5.41, 5.74) is 0. The molecule has 102 valence electrons. The highest BCUT2D eigenvalue weighted by molar-refractivity contribution is 5.77. The quantitative estimate of drug-likeness (QED) is 0.776. The van der Waals surface area contributed by atoms with Crippen LogP contribution in [-0.2, 0) is 9.53 Å². The van der Waals surface area contributed by atoms with Crippen LogP contribution in [0.3, 0.4) is 0 Å². The molecule has 1 atom stereocenters. The second-order valence-electron chi connectivity index (χ2n) is 5.21. The molecule has 1 saturated heterocycles. The number of amides is 2. The highest BCUT2D eigenvalue weighted by atomic mass is 16.5. The van der Waals surface area contributed by atoms with E-state index in [9.17, 15) is 9.59 Å². The van der Waals surface area contributed by atoms with E-state index in [1.165, 1.54) is 26.4 Å². The monoisotopic (exact) mass is 254 g/mol. The number of hydrogen-bond donors (Lipinski definition) is 1. The molecule has 1 N–H and O–H groups in total. The van der Waals surface area contributed by atoms with Gasteiger partial charge < -0.3 is 15.0 Å². The molecule has 5 nitrogen and oxygen atoms in total. The van der Waals surface area contributed by atoms with Gasteiger partial charge in [0.05, 0.1) is 7.11 Å². The van der Waals surface area contributed by atoms with Crippen LogP contribution in [0.5, 0.6) is 0 Å². The Kier molecular flexibility index (Phi) is 4.44. The summed E-state index contributed by atoms with van der Waals surface area (Å²) in [7, 11) is 1.39. The summed E-state index contributed by atoms with van der Waals surface area (Å²) >= 11 is 0. The smallest absolute Gasteiger partial charge is 0.317 e. The molecule has 1 aliphatic carbocycles. The lowest BCUT2D eigenvalue weighted by Gasteiger charge is -2.30. The lowest BCUT2D eigenvalue weighted by atomic mass is 9.94. The molecule has 0 spiro atoms. The third kappa shape index (κ3) is 3.15. The first-order valence-electron chi connectivity index (χ1n) is 6.84. The van der Waals surface area contributed by atoms with E-state index in [4.69, 9.17) is 0 Å². The van der Waals surface area contributed by atoms with Crippen LogP contribution in [0.25, 0.3) is 0 Å². The van der Waals surface area contributed by atoms with E-state index in [0.717, 1.165) is 19.4 Å². The number of nitrogens with one attached hydrogen (secondary N) is 1. The van der Waals surface area contributed by atoms with Crippen LogP contribution in [-0.4, -0.2) is 42.6 Å². The van der Waals surface area contributed by atoms with Crippen LogP contribution in [0, 0.1) is 0 Å². The summed E-state index contributed by atoms with van der Waals surface area (Å²) in [6, 6.07) is 0.539. The van der Waals surface area contributed by atoms with E-state index in [2.05, 4.69) is 10.1 Å². The second kappa shape index (κ2) is 6.07. The van der Waals surface area contributed by atoms with Crippen molar-refractivity contribution in [3.63, 3.8) is 0 Å². The number of methoxy groups -OCH3 is 1. The highest BCUT2D eigenvalue weighted by Crippen LogP contribution is 2.25. The Hall–Kier alpha value is -1.26. The Bertz CT molecular complexity index is 313. The maximum atomic E-state index is 11.9. The molecule has 1 aliphatic heterocycles. The first kappa shape index (κ1) is 13.2. The minimum Gasteiger partial charge on any atom is -0.469 e. The van der Waals surface area contributed by atoms with Crippen molar-refractivity contribution in [2.75, 3.05) is 13.7 Å². The normalized spacial score (nSPS) is 25.1. The summed E-state index contributed by atoms with van der Waals surface area (Å²) in [6.45, 7) is 0.737. The van der Waals surface area contributed by atoms with Gasteiger partial charge in [0.1, 0.15) is 0 Å². The zero-order valence-corrected chi connectivity index (χ0v) is 11.0. The molecule has 0 aromatic carbocycles. The molecule has 0 radical (unpaired) electrons. The fourth-order valence-electron chi connectivity index (χ4n) is 2.89. The van der Waals surface area contributed by atoms with Gasteiger partial charge in [-0.25, -0.2) is 4.79 Å². The van der Waals surface area contributed by atoms with Gasteiger partial charge in [0.25, 0.3) is 0 Å². The van der Waals surface area contributed by atoms with Crippen molar-refractivity contribution in [2.24, 2.45) is 0 Å². The van der Waals surface area contributed by atoms with Crippen LogP contribution in [0.15, 0.2) is 0 Å². The van der Waals surface area contributed by atoms with Crippen LogP contribution in [0.2, 0.25) is 0 Å². The Morgan fingerprint density at radius 1 is 1.39 bits per heavy atom. The molecule has 1 saturated carbocycles. The van der Waals surface area contributed by atoms with Crippen LogP contribution in [0.1, 0.15) is 44.9 Å². The molecular formula is C13H22N2O3. The van der Waals surface area contributed by atoms with Crippen molar-refractivity contribution in [1.82, 2.24) is 10.2 Å². The maximum absolute atomic E-state index is 11.9. The molecule has 2 rings (SSSR count). The number of esters is 1. The van der Waals surface area contributed by atoms with E-state index >= 15 is 0 Å². The molecule has 0 bridgehead atoms. The number of hydrogen-bond acceptors (Lipinski definition) is 3. The first-order chi connectivity index (χ1) is 8.70. The van der Waals surface area contributed by atoms with Gasteiger partial charge in [-0.1, -0.05) is 19.3 Å². The van der Waals surface area contributed by atoms with Crippen LogP contribution < -0.4 is 5.32 Å². The molecule has 2 amide bonds. The molecule has 1 unspecified atom stereocenters. The minimum atomic E-state index is -0.208. The molecule has 1 heterocycles. The third-order valence-electron chi connectivity index (χ3n) is 3.95. The predicted octanol–water partition coefficient (Wildman–Crippen LogP) is 1.67. The summed E-state index contributed by atoms with van der Waals surface area (Å²) in [5.74, 6) is -0.208. The first-order valence-corrected chi connectivity index (χ1v) is 6.84. The molecule has 2 aliphatic rings. The van der Waals surface area contributed by atoms with Gasteiger partial charge in [0, 0.05) is 25.0 Å². The topological polar surface area (TPSA) is 58.6 Å². The van der Waals surface area contributed by atoms with E-state index < -0.39 is 0 Å². The predicted molar refractivity (Wildman–Crippen MR) is 67.1 cm³/mol. The standard InChI is InChI=1S/C13H22N2O3/c1-18-12(16)8-7-10-9-15(13(17)14-10)11-5-3-2-4-6-11/h10-11H,2-9H2,1H3,(H,14,17). The maximum Gasteiger partial charge on any atom is 0.317 e. The summed E-state index contributed by atoms with van der Waals surface area (Å²) in [5, 5.41) is 2.96. The molecule has 5 heteroatoms. The molecule has 2 fully saturated rings. The second-order valence-corrected chi connectivity index (χ2v) is 5.21. The zero-order chi connectivity index (χ0) is 13.0. The number of carbonyl (C=O) groups is 2. The number of carbonyl (C=O) groups excluding carboxylic acids is 2. The van der Waals surface area contributed by atoms with Gasteiger partial charge in [0.2, 0.25) is 0 Å². The van der Waals surface area contributed by atoms with Gasteiger partial charge in [0.15, 0.2) is 0 Å². The summed E-state index contributed by atoms with van der Waals surface area (Å²) < 4.78 is 4.61. The SMILES string of the molecule is COC(=O)CCC1CN(C2CCCCC2)C(=O)N1. The van der Waals surface area contributed by atoms with Crippen LogP contribution in [0.4, 0.5) is 4.79 Å². The number of ether oxygens (including phenoxy) is 1. The van der Waals surface area contributed by atoms with Crippen molar-refractivity contribution in [3.8, 4) is 0 Å². The number of rotatable bonds is 4. The largest absolute Gasteiger partial charge is 0.469 e. The Balaban J connectivity index is 1.80.